The third-order valence-corrected chi connectivity index (χ3v) is 2.12. The average Bonchev–Trinajstić information content (AvgIpc) is 3.09. The standard InChI is InChI=1S/2C5H5.C4H3S.ClH.Zr/c3*1-2-4-5-3-1;;/h2*1-3H,4H2;1-3H;1H;/q3*-1;;+4/p-1. The topological polar surface area (TPSA) is 0 Å². The summed E-state index contributed by atoms with van der Waals surface area (Å²) >= 11 is 1.59. The van der Waals surface area contributed by atoms with Crippen LogP contribution in [0.5, 0.6) is 0 Å². The van der Waals surface area contributed by atoms with Gasteiger partial charge in [0.05, 0.1) is 0 Å². The van der Waals surface area contributed by atoms with Gasteiger partial charge in [-0.25, -0.2) is 30.4 Å². The van der Waals surface area contributed by atoms with Gasteiger partial charge in [0.2, 0.25) is 0 Å². The molecule has 17 heavy (non-hydrogen) atoms. The first-order valence-electron chi connectivity index (χ1n) is 4.83. The van der Waals surface area contributed by atoms with Crippen LogP contribution < -0.4 is 12.4 Å². The first-order valence-corrected chi connectivity index (χ1v) is 5.71. The number of hydrogen-bond acceptors (Lipinski definition) is 1. The fourth-order valence-corrected chi connectivity index (χ4v) is 1.27. The van der Waals surface area contributed by atoms with E-state index in [2.05, 4.69) is 29.7 Å². The van der Waals surface area contributed by atoms with Gasteiger partial charge in [-0.05, 0) is 0 Å². The predicted molar refractivity (Wildman–Crippen MR) is 66.3 cm³/mol. The van der Waals surface area contributed by atoms with Gasteiger partial charge in [0.25, 0.3) is 0 Å². The van der Waals surface area contributed by atoms with E-state index in [0.29, 0.717) is 0 Å². The van der Waals surface area contributed by atoms with Gasteiger partial charge in [-0.2, -0.15) is 23.6 Å². The summed E-state index contributed by atoms with van der Waals surface area (Å²) in [5.41, 5.74) is 0. The van der Waals surface area contributed by atoms with Crippen molar-refractivity contribution in [3.8, 4) is 0 Å². The van der Waals surface area contributed by atoms with E-state index < -0.39 is 0 Å². The van der Waals surface area contributed by atoms with Gasteiger partial charge in [-0.15, -0.1) is 18.2 Å². The summed E-state index contributed by atoms with van der Waals surface area (Å²) in [4.78, 5) is 0. The quantitative estimate of drug-likeness (QED) is 0.622. The average molecular weight is 340 g/mol. The van der Waals surface area contributed by atoms with E-state index in [1.165, 1.54) is 0 Å². The van der Waals surface area contributed by atoms with Crippen molar-refractivity contribution in [1.29, 1.82) is 0 Å². The third-order valence-electron chi connectivity index (χ3n) is 1.55. The maximum atomic E-state index is 2.99. The van der Waals surface area contributed by atoms with E-state index in [1.807, 2.05) is 41.8 Å². The molecule has 3 rings (SSSR count). The molecule has 0 fully saturated rings. The summed E-state index contributed by atoms with van der Waals surface area (Å²) in [6.07, 6.45) is 20.0. The summed E-state index contributed by atoms with van der Waals surface area (Å²) in [6, 6.07) is 3.86. The van der Waals surface area contributed by atoms with Crippen molar-refractivity contribution in [1.82, 2.24) is 0 Å². The van der Waals surface area contributed by atoms with Crippen LogP contribution in [0.4, 0.5) is 0 Å². The molecule has 0 N–H and O–H groups in total. The van der Waals surface area contributed by atoms with Gasteiger partial charge in [-0.1, -0.05) is 0 Å². The van der Waals surface area contributed by atoms with Gasteiger partial charge in [0.15, 0.2) is 0 Å². The van der Waals surface area contributed by atoms with Crippen LogP contribution in [-0.4, -0.2) is 0 Å². The molecule has 2 aliphatic carbocycles. The van der Waals surface area contributed by atoms with Crippen LogP contribution in [0.25, 0.3) is 0 Å². The van der Waals surface area contributed by atoms with Crippen molar-refractivity contribution in [2.24, 2.45) is 0 Å². The Hall–Kier alpha value is -0.167. The molecular weight excluding hydrogens is 327 g/mol. The second-order valence-corrected chi connectivity index (χ2v) is 3.48. The Morgan fingerprint density at radius 2 is 1.53 bits per heavy atom. The van der Waals surface area contributed by atoms with Gasteiger partial charge in [0.1, 0.15) is 0 Å². The molecule has 0 saturated carbocycles. The van der Waals surface area contributed by atoms with E-state index in [0.717, 1.165) is 12.8 Å². The van der Waals surface area contributed by atoms with Crippen LogP contribution in [-0.2, 0) is 26.2 Å². The predicted octanol–water partition coefficient (Wildman–Crippen LogP) is 1.16. The van der Waals surface area contributed by atoms with Crippen LogP contribution in [0.1, 0.15) is 12.8 Å². The molecule has 1 heterocycles. The molecular formula is C14H13ClSZr. The van der Waals surface area contributed by atoms with Crippen molar-refractivity contribution >= 4 is 11.3 Å². The molecule has 0 unspecified atom stereocenters. The zero-order valence-electron chi connectivity index (χ0n) is 9.40. The maximum absolute atomic E-state index is 2.99. The minimum atomic E-state index is 0. The smallest absolute Gasteiger partial charge is 1.00 e. The van der Waals surface area contributed by atoms with Crippen molar-refractivity contribution in [3.63, 3.8) is 0 Å². The zero-order valence-corrected chi connectivity index (χ0v) is 13.4. The summed E-state index contributed by atoms with van der Waals surface area (Å²) < 4.78 is 0. The van der Waals surface area contributed by atoms with Gasteiger partial charge < -0.3 is 23.7 Å². The zero-order chi connectivity index (χ0) is 10.6. The number of thiophene rings is 1. The Bertz CT molecular complexity index is 278. The molecule has 0 nitrogen and oxygen atoms in total. The number of hydrogen-bond donors (Lipinski definition) is 0. The fourth-order valence-electron chi connectivity index (χ4n) is 0.877. The summed E-state index contributed by atoms with van der Waals surface area (Å²) in [6.45, 7) is 0. The van der Waals surface area contributed by atoms with E-state index in [-0.39, 0.29) is 38.6 Å². The van der Waals surface area contributed by atoms with Gasteiger partial charge >= 0.3 is 26.2 Å². The first-order chi connectivity index (χ1) is 7.50. The Kier molecular flexibility index (Phi) is 17.9. The SMILES string of the molecule is [C-]1=CC=CC1.[C-]1=CC=CC1.[Cl-].[Zr+4].[c-]1cccs1. The number of halogens is 1. The van der Waals surface area contributed by atoms with Crippen molar-refractivity contribution < 1.29 is 38.6 Å². The summed E-state index contributed by atoms with van der Waals surface area (Å²) in [5.74, 6) is 0. The minimum Gasteiger partial charge on any atom is -1.00 e. The molecule has 0 bridgehead atoms. The Morgan fingerprint density at radius 1 is 0.941 bits per heavy atom. The summed E-state index contributed by atoms with van der Waals surface area (Å²) in [5, 5.41) is 4.89. The Morgan fingerprint density at radius 3 is 1.65 bits per heavy atom. The van der Waals surface area contributed by atoms with Crippen LogP contribution in [0.3, 0.4) is 0 Å². The molecule has 0 radical (unpaired) electrons. The first kappa shape index (κ1) is 19.2. The normalized spacial score (nSPS) is 12.7. The second kappa shape index (κ2) is 15.8. The van der Waals surface area contributed by atoms with Crippen LogP contribution in [0, 0.1) is 17.5 Å². The molecule has 2 aliphatic rings. The van der Waals surface area contributed by atoms with E-state index >= 15 is 0 Å². The Balaban J connectivity index is 0. The number of rotatable bonds is 0. The minimum absolute atomic E-state index is 0. The van der Waals surface area contributed by atoms with Crippen LogP contribution >= 0.6 is 11.3 Å². The molecule has 0 saturated heterocycles. The molecule has 0 aromatic carbocycles. The molecule has 86 valence electrons. The largest absolute Gasteiger partial charge is 4.00 e. The van der Waals surface area contributed by atoms with Gasteiger partial charge in [0, 0.05) is 0 Å². The van der Waals surface area contributed by atoms with E-state index in [9.17, 15) is 0 Å². The van der Waals surface area contributed by atoms with Crippen LogP contribution in [0.2, 0.25) is 0 Å². The van der Waals surface area contributed by atoms with Crippen LogP contribution in [0.15, 0.2) is 54.0 Å². The molecule has 0 spiro atoms. The second-order valence-electron chi connectivity index (χ2n) is 2.74. The fraction of sp³-hybridized carbons (Fsp3) is 0.143. The monoisotopic (exact) mass is 338 g/mol. The Labute approximate surface area is 133 Å². The molecule has 0 atom stereocenters. The number of allylic oxidation sites excluding steroid dienone is 8. The maximum Gasteiger partial charge on any atom is 4.00 e. The molecule has 3 heteroatoms. The third kappa shape index (κ3) is 13.8. The molecule has 1 aromatic rings. The van der Waals surface area contributed by atoms with Crippen molar-refractivity contribution in [2.75, 3.05) is 0 Å². The molecule has 1 aromatic heterocycles. The van der Waals surface area contributed by atoms with E-state index in [4.69, 9.17) is 0 Å². The summed E-state index contributed by atoms with van der Waals surface area (Å²) in [7, 11) is 0. The van der Waals surface area contributed by atoms with Crippen molar-refractivity contribution in [3.05, 3.63) is 71.5 Å². The molecule has 0 aliphatic heterocycles. The van der Waals surface area contributed by atoms with Crippen molar-refractivity contribution in [2.45, 2.75) is 12.8 Å². The van der Waals surface area contributed by atoms with E-state index in [1.54, 1.807) is 11.3 Å². The van der Waals surface area contributed by atoms with Gasteiger partial charge in [-0.3, -0.25) is 12.2 Å². The molecule has 0 amide bonds.